The van der Waals surface area contributed by atoms with Crippen molar-refractivity contribution in [2.75, 3.05) is 13.2 Å². The van der Waals surface area contributed by atoms with Crippen LogP contribution in [0.4, 0.5) is 0 Å². The summed E-state index contributed by atoms with van der Waals surface area (Å²) in [7, 11) is 0. The molecule has 0 aliphatic carbocycles. The third-order valence-corrected chi connectivity index (χ3v) is 2.42. The van der Waals surface area contributed by atoms with E-state index in [1.165, 1.54) is 0 Å². The first-order valence-corrected chi connectivity index (χ1v) is 6.96. The molecule has 0 N–H and O–H groups in total. The van der Waals surface area contributed by atoms with E-state index in [0.717, 1.165) is 12.8 Å². The molecule has 0 saturated carbocycles. The molecule has 0 atom stereocenters. The first-order chi connectivity index (χ1) is 9.17. The van der Waals surface area contributed by atoms with E-state index >= 15 is 0 Å². The van der Waals surface area contributed by atoms with Gasteiger partial charge >= 0.3 is 11.9 Å². The molecule has 0 radical (unpaired) electrons. The zero-order chi connectivity index (χ0) is 15.8. The van der Waals surface area contributed by atoms with Crippen LogP contribution in [0.2, 0.25) is 0 Å². The molecule has 0 amide bonds. The third kappa shape index (κ3) is 6.12. The molecule has 20 heavy (non-hydrogen) atoms. The van der Waals surface area contributed by atoms with E-state index in [9.17, 15) is 9.59 Å². The zero-order valence-corrected chi connectivity index (χ0v) is 13.4. The van der Waals surface area contributed by atoms with Crippen LogP contribution >= 0.6 is 0 Å². The largest absolute Gasteiger partial charge is 0.464 e. The second-order valence-electron chi connectivity index (χ2n) is 5.59. The molecule has 6 nitrogen and oxygen atoms in total. The van der Waals surface area contributed by atoms with Crippen molar-refractivity contribution in [2.45, 2.75) is 65.5 Å². The maximum Gasteiger partial charge on any atom is 0.335 e. The highest BCUT2D eigenvalue weighted by Crippen LogP contribution is 2.18. The normalized spacial score (nSPS) is 12.5. The second kappa shape index (κ2) is 7.97. The predicted molar refractivity (Wildman–Crippen MR) is 75.5 cm³/mol. The third-order valence-electron chi connectivity index (χ3n) is 2.42. The van der Waals surface area contributed by atoms with E-state index in [1.807, 2.05) is 13.8 Å². The van der Waals surface area contributed by atoms with Crippen LogP contribution < -0.4 is 0 Å². The van der Waals surface area contributed by atoms with Crippen LogP contribution in [0.15, 0.2) is 10.2 Å². The molecule has 0 saturated heterocycles. The van der Waals surface area contributed by atoms with Gasteiger partial charge in [0.2, 0.25) is 0 Å². The van der Waals surface area contributed by atoms with E-state index in [2.05, 4.69) is 10.2 Å². The summed E-state index contributed by atoms with van der Waals surface area (Å²) in [5, 5.41) is 7.92. The van der Waals surface area contributed by atoms with Gasteiger partial charge < -0.3 is 9.47 Å². The number of carbonyl (C=O) groups excluding carboxylic acids is 2. The van der Waals surface area contributed by atoms with Crippen LogP contribution in [0.3, 0.4) is 0 Å². The molecule has 0 fully saturated rings. The van der Waals surface area contributed by atoms with Gasteiger partial charge in [0, 0.05) is 0 Å². The monoisotopic (exact) mass is 286 g/mol. The summed E-state index contributed by atoms with van der Waals surface area (Å²) in [4.78, 5) is 23.6. The first kappa shape index (κ1) is 18.5. The van der Waals surface area contributed by atoms with Gasteiger partial charge in [0.15, 0.2) is 11.1 Å². The van der Waals surface area contributed by atoms with E-state index in [4.69, 9.17) is 9.47 Å². The van der Waals surface area contributed by atoms with E-state index in [-0.39, 0.29) is 0 Å². The number of esters is 2. The molecule has 0 rings (SSSR count). The molecule has 116 valence electrons. The summed E-state index contributed by atoms with van der Waals surface area (Å²) >= 11 is 0. The molecule has 0 aromatic rings. The van der Waals surface area contributed by atoms with Crippen molar-refractivity contribution in [3.63, 3.8) is 0 Å². The van der Waals surface area contributed by atoms with E-state index in [1.54, 1.807) is 27.7 Å². The van der Waals surface area contributed by atoms with Crippen LogP contribution in [0, 0.1) is 0 Å². The van der Waals surface area contributed by atoms with Gasteiger partial charge in [-0.2, -0.15) is 10.2 Å². The molecule has 0 heterocycles. The topological polar surface area (TPSA) is 77.3 Å². The SMILES string of the molecule is CCCOC(=O)C(C)(C)/N=N/C(C)(C)C(=O)OCCC. The maximum atomic E-state index is 11.8. The van der Waals surface area contributed by atoms with Gasteiger partial charge in [0.05, 0.1) is 13.2 Å². The van der Waals surface area contributed by atoms with Gasteiger partial charge in [0.1, 0.15) is 0 Å². The summed E-state index contributed by atoms with van der Waals surface area (Å²) in [6, 6.07) is 0. The summed E-state index contributed by atoms with van der Waals surface area (Å²) in [6.07, 6.45) is 1.49. The second-order valence-corrected chi connectivity index (χ2v) is 5.59. The number of ether oxygens (including phenoxy) is 2. The average molecular weight is 286 g/mol. The van der Waals surface area contributed by atoms with Gasteiger partial charge in [0.25, 0.3) is 0 Å². The van der Waals surface area contributed by atoms with Gasteiger partial charge in [-0.15, -0.1) is 0 Å². The molecule has 0 spiro atoms. The Labute approximate surface area is 120 Å². The minimum atomic E-state index is -1.11. The Bertz CT molecular complexity index is 328. The van der Waals surface area contributed by atoms with Crippen LogP contribution in [-0.4, -0.2) is 36.2 Å². The lowest BCUT2D eigenvalue weighted by atomic mass is 10.1. The Kier molecular flexibility index (Phi) is 7.39. The van der Waals surface area contributed by atoms with Gasteiger partial charge in [-0.25, -0.2) is 9.59 Å². The Morgan fingerprint density at radius 3 is 1.35 bits per heavy atom. The number of nitrogens with zero attached hydrogens (tertiary/aromatic N) is 2. The number of hydrogen-bond donors (Lipinski definition) is 0. The van der Waals surface area contributed by atoms with Gasteiger partial charge in [-0.05, 0) is 40.5 Å². The minimum Gasteiger partial charge on any atom is -0.464 e. The summed E-state index contributed by atoms with van der Waals surface area (Å²) in [5.74, 6) is -0.915. The van der Waals surface area contributed by atoms with Crippen molar-refractivity contribution in [1.29, 1.82) is 0 Å². The molecule has 0 unspecified atom stereocenters. The molecular formula is C14H26N2O4. The lowest BCUT2D eigenvalue weighted by molar-refractivity contribution is -0.151. The Balaban J connectivity index is 4.72. The maximum absolute atomic E-state index is 11.8. The van der Waals surface area contributed by atoms with Crippen LogP contribution in [0.1, 0.15) is 54.4 Å². The predicted octanol–water partition coefficient (Wildman–Crippen LogP) is 2.90. The fourth-order valence-electron chi connectivity index (χ4n) is 1.07. The summed E-state index contributed by atoms with van der Waals surface area (Å²) in [5.41, 5.74) is -2.23. The van der Waals surface area contributed by atoms with Crippen LogP contribution in [-0.2, 0) is 19.1 Å². The molecule has 0 aliphatic rings. The fraction of sp³-hybridized carbons (Fsp3) is 0.857. The minimum absolute atomic E-state index is 0.347. The standard InChI is InChI=1S/C14H26N2O4/c1-7-9-19-11(17)13(3,4)15-16-14(5,6)12(18)20-10-8-2/h7-10H2,1-6H3/b16-15+. The van der Waals surface area contributed by atoms with Crippen LogP contribution in [0.5, 0.6) is 0 Å². The number of rotatable bonds is 8. The van der Waals surface area contributed by atoms with Crippen molar-refractivity contribution in [3.05, 3.63) is 0 Å². The van der Waals surface area contributed by atoms with Crippen molar-refractivity contribution in [3.8, 4) is 0 Å². The number of azo groups is 1. The lowest BCUT2D eigenvalue weighted by Gasteiger charge is -2.20. The summed E-state index contributed by atoms with van der Waals surface area (Å²) in [6.45, 7) is 10.9. The van der Waals surface area contributed by atoms with Gasteiger partial charge in [-0.1, -0.05) is 13.8 Å². The van der Waals surface area contributed by atoms with Crippen molar-refractivity contribution >= 4 is 11.9 Å². The van der Waals surface area contributed by atoms with E-state index in [0.29, 0.717) is 13.2 Å². The molecule has 0 aromatic heterocycles. The quantitative estimate of drug-likeness (QED) is 0.507. The Hall–Kier alpha value is -1.46. The summed E-state index contributed by atoms with van der Waals surface area (Å²) < 4.78 is 10.1. The van der Waals surface area contributed by atoms with Crippen LogP contribution in [0.25, 0.3) is 0 Å². The number of hydrogen-bond acceptors (Lipinski definition) is 6. The molecule has 0 aliphatic heterocycles. The first-order valence-electron chi connectivity index (χ1n) is 6.96. The van der Waals surface area contributed by atoms with Gasteiger partial charge in [-0.3, -0.25) is 0 Å². The fourth-order valence-corrected chi connectivity index (χ4v) is 1.07. The highest BCUT2D eigenvalue weighted by Gasteiger charge is 2.34. The van der Waals surface area contributed by atoms with Crippen molar-refractivity contribution < 1.29 is 19.1 Å². The molecule has 0 aromatic carbocycles. The lowest BCUT2D eigenvalue weighted by Crippen LogP contribution is -2.35. The molecule has 6 heteroatoms. The van der Waals surface area contributed by atoms with Crippen molar-refractivity contribution in [1.82, 2.24) is 0 Å². The molecular weight excluding hydrogens is 260 g/mol. The Morgan fingerprint density at radius 1 is 0.800 bits per heavy atom. The van der Waals surface area contributed by atoms with E-state index < -0.39 is 23.0 Å². The highest BCUT2D eigenvalue weighted by molar-refractivity contribution is 5.81. The Morgan fingerprint density at radius 2 is 1.10 bits per heavy atom. The highest BCUT2D eigenvalue weighted by atomic mass is 16.5. The number of carbonyl (C=O) groups is 2. The van der Waals surface area contributed by atoms with Crippen molar-refractivity contribution in [2.24, 2.45) is 10.2 Å². The zero-order valence-electron chi connectivity index (χ0n) is 13.4. The smallest absolute Gasteiger partial charge is 0.335 e. The molecule has 0 bridgehead atoms. The average Bonchev–Trinajstić information content (AvgIpc) is 2.39.